The maximum atomic E-state index is 12.3. The molecule has 0 saturated carbocycles. The molecule has 5 nitrogen and oxygen atoms in total. The van der Waals surface area contributed by atoms with Gasteiger partial charge in [0.05, 0.1) is 0 Å². The molecule has 8 heteroatoms. The van der Waals surface area contributed by atoms with Crippen molar-refractivity contribution in [1.29, 1.82) is 0 Å². The molecular weight excluding hydrogens is 211 g/mol. The Labute approximate surface area is 84.9 Å². The first-order valence-electron chi connectivity index (χ1n) is 4.30. The van der Waals surface area contributed by atoms with Gasteiger partial charge in [0.15, 0.2) is 5.96 Å². The zero-order chi connectivity index (χ0) is 11.6. The van der Waals surface area contributed by atoms with Crippen molar-refractivity contribution in [2.45, 2.75) is 19.3 Å². The summed E-state index contributed by atoms with van der Waals surface area (Å²) in [6.07, 6.45) is -6.62. The highest BCUT2D eigenvalue weighted by atomic mass is 19.4. The molecule has 0 aliphatic carbocycles. The van der Waals surface area contributed by atoms with E-state index in [9.17, 15) is 13.2 Å². The molecule has 1 aliphatic heterocycles. The number of alkyl halides is 3. The van der Waals surface area contributed by atoms with E-state index in [1.54, 1.807) is 14.0 Å². The molecule has 0 radical (unpaired) electrons. The third-order valence-corrected chi connectivity index (χ3v) is 1.87. The molecule has 1 rings (SSSR count). The third-order valence-electron chi connectivity index (χ3n) is 1.87. The highest BCUT2D eigenvalue weighted by Gasteiger charge is 2.42. The fourth-order valence-corrected chi connectivity index (χ4v) is 0.946. The Morgan fingerprint density at radius 1 is 1.47 bits per heavy atom. The summed E-state index contributed by atoms with van der Waals surface area (Å²) < 4.78 is 37.0. The van der Waals surface area contributed by atoms with Crippen LogP contribution >= 0.6 is 0 Å². The van der Waals surface area contributed by atoms with Crippen LogP contribution in [-0.4, -0.2) is 42.8 Å². The van der Waals surface area contributed by atoms with Crippen molar-refractivity contribution in [3.8, 4) is 0 Å². The van der Waals surface area contributed by atoms with Crippen LogP contribution in [0.3, 0.4) is 0 Å². The van der Waals surface area contributed by atoms with Gasteiger partial charge in [0.2, 0.25) is 12.1 Å². The predicted octanol–water partition coefficient (Wildman–Crippen LogP) is 0.100. The van der Waals surface area contributed by atoms with Crippen molar-refractivity contribution in [2.75, 3.05) is 13.6 Å². The highest BCUT2D eigenvalue weighted by molar-refractivity contribution is 5.99. The Morgan fingerprint density at radius 2 is 2.07 bits per heavy atom. The van der Waals surface area contributed by atoms with Crippen LogP contribution in [0.15, 0.2) is 9.98 Å². The quantitative estimate of drug-likeness (QED) is 0.662. The molecule has 15 heavy (non-hydrogen) atoms. The predicted molar refractivity (Wildman–Crippen MR) is 50.3 cm³/mol. The van der Waals surface area contributed by atoms with E-state index in [2.05, 4.69) is 15.3 Å². The fourth-order valence-electron chi connectivity index (χ4n) is 0.946. The van der Waals surface area contributed by atoms with Crippen molar-refractivity contribution in [3.05, 3.63) is 0 Å². The molecule has 86 valence electrons. The first-order valence-corrected chi connectivity index (χ1v) is 4.30. The van der Waals surface area contributed by atoms with Gasteiger partial charge in [-0.2, -0.15) is 13.2 Å². The number of rotatable bonds is 1. The van der Waals surface area contributed by atoms with Crippen molar-refractivity contribution >= 4 is 11.9 Å². The Bertz CT molecular complexity index is 295. The Hall–Kier alpha value is -1.47. The molecule has 1 atom stereocenters. The van der Waals surface area contributed by atoms with Gasteiger partial charge in [0, 0.05) is 13.6 Å². The third kappa shape index (κ3) is 2.74. The molecule has 3 N–H and O–H groups in total. The summed E-state index contributed by atoms with van der Waals surface area (Å²) >= 11 is 0. The van der Waals surface area contributed by atoms with E-state index < -0.39 is 12.3 Å². The summed E-state index contributed by atoms with van der Waals surface area (Å²) in [7, 11) is 1.61. The maximum Gasteiger partial charge on any atom is 0.431 e. The van der Waals surface area contributed by atoms with E-state index in [0.717, 1.165) is 0 Å². The minimum atomic E-state index is -4.51. The SMILES string of the molecule is CCN(C)C1=NC(C(F)(F)F)N=C(N)N1. The van der Waals surface area contributed by atoms with Crippen molar-refractivity contribution < 1.29 is 13.2 Å². The number of nitrogens with one attached hydrogen (secondary N) is 1. The molecule has 0 fully saturated rings. The average Bonchev–Trinajstić information content (AvgIpc) is 2.14. The second kappa shape index (κ2) is 3.95. The summed E-state index contributed by atoms with van der Waals surface area (Å²) in [5, 5.41) is 2.47. The minimum absolute atomic E-state index is 0.0762. The largest absolute Gasteiger partial charge is 0.431 e. The maximum absolute atomic E-state index is 12.3. The summed E-state index contributed by atoms with van der Waals surface area (Å²) in [5.41, 5.74) is 5.24. The van der Waals surface area contributed by atoms with Crippen LogP contribution in [0.2, 0.25) is 0 Å². The lowest BCUT2D eigenvalue weighted by atomic mass is 10.4. The fraction of sp³-hybridized carbons (Fsp3) is 0.714. The van der Waals surface area contributed by atoms with Crippen LogP contribution in [-0.2, 0) is 0 Å². The van der Waals surface area contributed by atoms with Crippen LogP contribution < -0.4 is 11.1 Å². The van der Waals surface area contributed by atoms with Crippen LogP contribution in [0.1, 0.15) is 6.92 Å². The number of hydrogen-bond donors (Lipinski definition) is 2. The first kappa shape index (κ1) is 11.6. The Kier molecular flexibility index (Phi) is 3.06. The zero-order valence-corrected chi connectivity index (χ0v) is 8.34. The van der Waals surface area contributed by atoms with Crippen LogP contribution in [0, 0.1) is 0 Å². The topological polar surface area (TPSA) is 66.0 Å². The van der Waals surface area contributed by atoms with Gasteiger partial charge in [-0.3, -0.25) is 5.32 Å². The molecule has 0 spiro atoms. The van der Waals surface area contributed by atoms with Gasteiger partial charge in [-0.25, -0.2) is 9.98 Å². The van der Waals surface area contributed by atoms with E-state index in [0.29, 0.717) is 6.54 Å². The molecule has 0 aromatic carbocycles. The lowest BCUT2D eigenvalue weighted by molar-refractivity contribution is -0.145. The summed E-state index contributed by atoms with van der Waals surface area (Å²) in [4.78, 5) is 8.09. The van der Waals surface area contributed by atoms with Crippen molar-refractivity contribution in [3.63, 3.8) is 0 Å². The number of guanidine groups is 2. The van der Waals surface area contributed by atoms with Crippen molar-refractivity contribution in [2.24, 2.45) is 15.7 Å². The minimum Gasteiger partial charge on any atom is -0.370 e. The summed E-state index contributed by atoms with van der Waals surface area (Å²) in [5.74, 6) is -0.199. The molecule has 0 bridgehead atoms. The highest BCUT2D eigenvalue weighted by Crippen LogP contribution is 2.24. The second-order valence-electron chi connectivity index (χ2n) is 3.02. The van der Waals surface area contributed by atoms with Gasteiger partial charge < -0.3 is 10.6 Å². The lowest BCUT2D eigenvalue weighted by Gasteiger charge is -2.26. The molecule has 0 amide bonds. The monoisotopic (exact) mass is 223 g/mol. The summed E-state index contributed by atoms with van der Waals surface area (Å²) in [6.45, 7) is 2.30. The second-order valence-corrected chi connectivity index (χ2v) is 3.02. The molecule has 0 saturated heterocycles. The number of hydrogen-bond acceptors (Lipinski definition) is 5. The Balaban J connectivity index is 2.90. The Morgan fingerprint density at radius 3 is 2.53 bits per heavy atom. The molecule has 1 aliphatic rings. The van der Waals surface area contributed by atoms with E-state index in [4.69, 9.17) is 5.73 Å². The van der Waals surface area contributed by atoms with E-state index >= 15 is 0 Å². The van der Waals surface area contributed by atoms with Crippen LogP contribution in [0.4, 0.5) is 13.2 Å². The van der Waals surface area contributed by atoms with E-state index in [-0.39, 0.29) is 11.9 Å². The smallest absolute Gasteiger partial charge is 0.370 e. The first-order chi connectivity index (χ1) is 6.84. The molecule has 1 unspecified atom stereocenters. The van der Waals surface area contributed by atoms with Crippen molar-refractivity contribution in [1.82, 2.24) is 10.2 Å². The average molecular weight is 223 g/mol. The van der Waals surface area contributed by atoms with Gasteiger partial charge in [-0.05, 0) is 6.92 Å². The lowest BCUT2D eigenvalue weighted by Crippen LogP contribution is -2.50. The number of aliphatic imine (C=N–C) groups is 2. The number of halogens is 3. The number of nitrogens with two attached hydrogens (primary N) is 1. The van der Waals surface area contributed by atoms with Gasteiger partial charge in [-0.15, -0.1) is 0 Å². The van der Waals surface area contributed by atoms with Gasteiger partial charge in [0.1, 0.15) is 0 Å². The molecular formula is C7H12F3N5. The zero-order valence-electron chi connectivity index (χ0n) is 8.34. The van der Waals surface area contributed by atoms with Crippen LogP contribution in [0.25, 0.3) is 0 Å². The normalized spacial score (nSPS) is 21.5. The van der Waals surface area contributed by atoms with E-state index in [1.165, 1.54) is 4.90 Å². The standard InChI is InChI=1S/C7H12F3N5/c1-3-15(2)6-13-4(7(8,9)10)12-5(11)14-6/h4H,3H2,1-2H3,(H3,11,12,13,14). The van der Waals surface area contributed by atoms with Crippen LogP contribution in [0.5, 0.6) is 0 Å². The van der Waals surface area contributed by atoms with Gasteiger partial charge >= 0.3 is 6.18 Å². The van der Waals surface area contributed by atoms with E-state index in [1.807, 2.05) is 0 Å². The molecule has 0 aromatic heterocycles. The summed E-state index contributed by atoms with van der Waals surface area (Å²) in [6, 6.07) is 0. The molecule has 0 aromatic rings. The van der Waals surface area contributed by atoms with Gasteiger partial charge in [-0.1, -0.05) is 0 Å². The molecule has 1 heterocycles. The van der Waals surface area contributed by atoms with Gasteiger partial charge in [0.25, 0.3) is 0 Å². The number of nitrogens with zero attached hydrogens (tertiary/aromatic N) is 3.